The number of amides is 2. The fraction of sp³-hybridized carbons (Fsp3) is 0.318. The van der Waals surface area contributed by atoms with Crippen LogP contribution in [0.15, 0.2) is 41.2 Å². The van der Waals surface area contributed by atoms with E-state index in [1.807, 2.05) is 44.2 Å². The molecule has 0 aliphatic rings. The second-order valence-corrected chi connectivity index (χ2v) is 8.46. The maximum absolute atomic E-state index is 12.4. The molecule has 176 valence electrons. The first-order chi connectivity index (χ1) is 15.3. The topological polar surface area (TPSA) is 129 Å². The Morgan fingerprint density at radius 2 is 1.85 bits per heavy atom. The van der Waals surface area contributed by atoms with Crippen LogP contribution < -0.4 is 21.5 Å². The summed E-state index contributed by atoms with van der Waals surface area (Å²) in [6.45, 7) is 6.45. The van der Waals surface area contributed by atoms with Crippen molar-refractivity contribution < 1.29 is 9.59 Å². The number of carbonyl (C=O) groups excluding carboxylic acids is 2. The fourth-order valence-corrected chi connectivity index (χ4v) is 4.07. The van der Waals surface area contributed by atoms with E-state index in [4.69, 9.17) is 0 Å². The van der Waals surface area contributed by atoms with Gasteiger partial charge in [-0.1, -0.05) is 55.5 Å². The minimum Gasteiger partial charge on any atom is -0.355 e. The molecule has 0 aliphatic carbocycles. The molecule has 3 aromatic rings. The second-order valence-electron chi connectivity index (χ2n) is 7.46. The molecule has 2 amide bonds. The van der Waals surface area contributed by atoms with Crippen molar-refractivity contribution >= 4 is 40.7 Å². The van der Waals surface area contributed by atoms with E-state index in [1.165, 1.54) is 18.3 Å². The first-order valence-corrected chi connectivity index (χ1v) is 11.1. The number of nitrogens with zero attached hydrogens (tertiary/aromatic N) is 2. The number of anilines is 1. The Morgan fingerprint density at radius 3 is 2.52 bits per heavy atom. The predicted molar refractivity (Wildman–Crippen MR) is 133 cm³/mol. The molecule has 11 heteroatoms. The van der Waals surface area contributed by atoms with Gasteiger partial charge in [-0.2, -0.15) is 5.10 Å². The summed E-state index contributed by atoms with van der Waals surface area (Å²) in [5.41, 5.74) is 2.76. The highest BCUT2D eigenvalue weighted by Crippen LogP contribution is 2.40. The summed E-state index contributed by atoms with van der Waals surface area (Å²) in [7, 11) is 0. The zero-order chi connectivity index (χ0) is 23.1. The molecule has 0 spiro atoms. The van der Waals surface area contributed by atoms with Crippen LogP contribution in [0.2, 0.25) is 0 Å². The van der Waals surface area contributed by atoms with Gasteiger partial charge in [-0.25, -0.2) is 10.1 Å². The van der Waals surface area contributed by atoms with Crippen molar-refractivity contribution in [3.63, 3.8) is 0 Å². The number of aromatic amines is 1. The molecule has 0 atom stereocenters. The summed E-state index contributed by atoms with van der Waals surface area (Å²) < 4.78 is 0. The van der Waals surface area contributed by atoms with Crippen molar-refractivity contribution in [1.29, 1.82) is 0 Å². The molecule has 0 aliphatic heterocycles. The molecule has 0 unspecified atom stereocenters. The van der Waals surface area contributed by atoms with Gasteiger partial charge < -0.3 is 16.0 Å². The summed E-state index contributed by atoms with van der Waals surface area (Å²) in [6.07, 6.45) is 0. The summed E-state index contributed by atoms with van der Waals surface area (Å²) in [5.74, 6) is -0.278. The van der Waals surface area contributed by atoms with Crippen molar-refractivity contribution in [1.82, 2.24) is 25.8 Å². The molecule has 0 radical (unpaired) electrons. The molecule has 0 saturated carbocycles. The summed E-state index contributed by atoms with van der Waals surface area (Å²) in [6, 6.07) is 11.2. The first kappa shape index (κ1) is 26.2. The van der Waals surface area contributed by atoms with Crippen LogP contribution in [-0.4, -0.2) is 46.6 Å². The number of halogens is 1. The average molecular weight is 491 g/mol. The highest BCUT2D eigenvalue weighted by Gasteiger charge is 2.21. The number of rotatable bonds is 9. The zero-order valence-electron chi connectivity index (χ0n) is 18.6. The Kier molecular flexibility index (Phi) is 9.71. The highest BCUT2D eigenvalue weighted by atomic mass is 35.5. The number of thiazole rings is 1. The van der Waals surface area contributed by atoms with E-state index in [2.05, 4.69) is 31.1 Å². The molecule has 2 aromatic heterocycles. The second kappa shape index (κ2) is 12.2. The lowest BCUT2D eigenvalue weighted by atomic mass is 10.00. The molecule has 3 rings (SSSR count). The molecule has 2 heterocycles. The van der Waals surface area contributed by atoms with Crippen molar-refractivity contribution in [3.05, 3.63) is 52.3 Å². The zero-order valence-corrected chi connectivity index (χ0v) is 20.2. The third-order valence-electron chi connectivity index (χ3n) is 4.56. The number of benzene rings is 1. The van der Waals surface area contributed by atoms with E-state index in [-0.39, 0.29) is 42.2 Å². The van der Waals surface area contributed by atoms with E-state index in [0.717, 1.165) is 16.0 Å². The number of hydrogen-bond acceptors (Lipinski definition) is 7. The van der Waals surface area contributed by atoms with Crippen LogP contribution in [0.1, 0.15) is 32.3 Å². The summed E-state index contributed by atoms with van der Waals surface area (Å²) >= 11 is 1.31. The minimum atomic E-state index is -0.262. The Bertz CT molecular complexity index is 1150. The van der Waals surface area contributed by atoms with Crippen LogP contribution in [0.5, 0.6) is 0 Å². The van der Waals surface area contributed by atoms with Crippen LogP contribution in [0.25, 0.3) is 21.8 Å². The molecule has 0 saturated heterocycles. The lowest BCUT2D eigenvalue weighted by Crippen LogP contribution is -2.34. The van der Waals surface area contributed by atoms with Crippen molar-refractivity contribution in [2.45, 2.75) is 26.7 Å². The highest BCUT2D eigenvalue weighted by molar-refractivity contribution is 7.19. The number of nitrogens with one attached hydrogen (secondary N) is 4. The van der Waals surface area contributed by atoms with Gasteiger partial charge in [0.25, 0.3) is 5.56 Å². The monoisotopic (exact) mass is 490 g/mol. The Balaban J connectivity index is 0.00000385. The number of carbonyl (C=O) groups is 2. The standard InChI is InChI=1S/C22H26N6O3S.ClH/c1-13(2)16-11-17(30)27-28-20(16)21-19(15-7-5-4-6-8-15)26-22(32-21)25-18(31)12-23-9-10-24-14(3)29;/h4-8,11,13,23H,9-10,12H2,1-3H3,(H,24,29)(H,27,30)(H,25,26,31);1H. The minimum absolute atomic E-state index is 0. The van der Waals surface area contributed by atoms with Gasteiger partial charge in [0.15, 0.2) is 5.13 Å². The van der Waals surface area contributed by atoms with Crippen molar-refractivity contribution in [2.24, 2.45) is 0 Å². The maximum atomic E-state index is 12.4. The maximum Gasteiger partial charge on any atom is 0.264 e. The molecular formula is C22H27ClN6O3S. The molecule has 0 bridgehead atoms. The average Bonchev–Trinajstić information content (AvgIpc) is 3.17. The Labute approximate surface area is 201 Å². The number of hydrogen-bond donors (Lipinski definition) is 4. The van der Waals surface area contributed by atoms with Crippen molar-refractivity contribution in [2.75, 3.05) is 25.0 Å². The molecule has 0 fully saturated rings. The van der Waals surface area contributed by atoms with E-state index in [9.17, 15) is 14.4 Å². The van der Waals surface area contributed by atoms with Crippen LogP contribution >= 0.6 is 23.7 Å². The van der Waals surface area contributed by atoms with E-state index < -0.39 is 0 Å². The third kappa shape index (κ3) is 7.21. The summed E-state index contributed by atoms with van der Waals surface area (Å²) in [5, 5.41) is 15.7. The van der Waals surface area contributed by atoms with Gasteiger partial charge in [0.1, 0.15) is 5.69 Å². The number of aromatic nitrogens is 3. The Hall–Kier alpha value is -3.08. The van der Waals surface area contributed by atoms with Gasteiger partial charge in [-0.15, -0.1) is 12.4 Å². The van der Waals surface area contributed by atoms with Gasteiger partial charge in [-0.05, 0) is 11.5 Å². The first-order valence-electron chi connectivity index (χ1n) is 10.3. The number of H-pyrrole nitrogens is 1. The predicted octanol–water partition coefficient (Wildman–Crippen LogP) is 2.77. The van der Waals surface area contributed by atoms with E-state index in [1.54, 1.807) is 6.07 Å². The van der Waals surface area contributed by atoms with E-state index >= 15 is 0 Å². The van der Waals surface area contributed by atoms with Gasteiger partial charge in [0.2, 0.25) is 11.8 Å². The third-order valence-corrected chi connectivity index (χ3v) is 5.53. The van der Waals surface area contributed by atoms with Crippen LogP contribution in [0, 0.1) is 0 Å². The van der Waals surface area contributed by atoms with E-state index in [0.29, 0.717) is 29.6 Å². The summed E-state index contributed by atoms with van der Waals surface area (Å²) in [4.78, 5) is 40.5. The van der Waals surface area contributed by atoms with Crippen LogP contribution in [-0.2, 0) is 9.59 Å². The van der Waals surface area contributed by atoms with Crippen LogP contribution in [0.3, 0.4) is 0 Å². The molecule has 33 heavy (non-hydrogen) atoms. The quantitative estimate of drug-likeness (QED) is 0.341. The van der Waals surface area contributed by atoms with Crippen molar-refractivity contribution in [3.8, 4) is 21.8 Å². The Morgan fingerprint density at radius 1 is 1.12 bits per heavy atom. The molecular weight excluding hydrogens is 464 g/mol. The lowest BCUT2D eigenvalue weighted by molar-refractivity contribution is -0.118. The largest absolute Gasteiger partial charge is 0.355 e. The lowest BCUT2D eigenvalue weighted by Gasteiger charge is -2.10. The molecule has 1 aromatic carbocycles. The normalized spacial score (nSPS) is 10.5. The van der Waals surface area contributed by atoms with Gasteiger partial charge in [0.05, 0.1) is 17.1 Å². The molecule has 4 N–H and O–H groups in total. The smallest absolute Gasteiger partial charge is 0.264 e. The van der Waals surface area contributed by atoms with Gasteiger partial charge in [0, 0.05) is 31.6 Å². The van der Waals surface area contributed by atoms with Crippen LogP contribution in [0.4, 0.5) is 5.13 Å². The molecule has 9 nitrogen and oxygen atoms in total. The van der Waals surface area contributed by atoms with Gasteiger partial charge in [-0.3, -0.25) is 14.4 Å². The van der Waals surface area contributed by atoms with Gasteiger partial charge >= 0.3 is 0 Å². The SMILES string of the molecule is CC(=O)NCCNCC(=O)Nc1nc(-c2ccccc2)c(-c2n[nH]c(=O)cc2C(C)C)s1.Cl. The fourth-order valence-electron chi connectivity index (χ4n) is 3.06.